The summed E-state index contributed by atoms with van der Waals surface area (Å²) in [6, 6.07) is 30.3. The normalized spacial score (nSPS) is 12.8. The van der Waals surface area contributed by atoms with Crippen molar-refractivity contribution in [2.75, 3.05) is 6.61 Å². The minimum Gasteiger partial charge on any atom is -0.394 e. The van der Waals surface area contributed by atoms with Gasteiger partial charge in [0.15, 0.2) is 8.07 Å². The van der Waals surface area contributed by atoms with Crippen LogP contribution in [-0.4, -0.2) is 30.6 Å². The lowest BCUT2D eigenvalue weighted by atomic mass is 10.3. The van der Waals surface area contributed by atoms with Crippen molar-refractivity contribution >= 4 is 23.6 Å². The highest BCUT2D eigenvalue weighted by molar-refractivity contribution is 7.12. The molecular weight excluding hydrogens is 300 g/mol. The van der Waals surface area contributed by atoms with Crippen molar-refractivity contribution in [2.24, 2.45) is 0 Å². The number of hydrogen-bond acceptors (Lipinski definition) is 2. The Labute approximate surface area is 137 Å². The third kappa shape index (κ3) is 2.74. The first-order valence-corrected chi connectivity index (χ1v) is 9.83. The molecule has 1 unspecified atom stereocenters. The number of aliphatic hydroxyl groups excluding tert-OH is 2. The summed E-state index contributed by atoms with van der Waals surface area (Å²) in [5.74, 6) is 0. The Hall–Kier alpha value is -2.20. The van der Waals surface area contributed by atoms with Crippen LogP contribution in [0.25, 0.3) is 0 Å². The minimum atomic E-state index is -2.72. The van der Waals surface area contributed by atoms with Gasteiger partial charge in [0.2, 0.25) is 0 Å². The molecule has 0 aliphatic heterocycles. The Kier molecular flexibility index (Phi) is 4.72. The molecule has 0 aliphatic carbocycles. The first kappa shape index (κ1) is 15.7. The van der Waals surface area contributed by atoms with E-state index in [1.807, 2.05) is 54.6 Å². The topological polar surface area (TPSA) is 40.5 Å². The average Bonchev–Trinajstić information content (AvgIpc) is 2.65. The predicted molar refractivity (Wildman–Crippen MR) is 97.1 cm³/mol. The van der Waals surface area contributed by atoms with Crippen LogP contribution in [0.3, 0.4) is 0 Å². The van der Waals surface area contributed by atoms with E-state index in [0.717, 1.165) is 15.6 Å². The smallest absolute Gasteiger partial charge is 0.181 e. The summed E-state index contributed by atoms with van der Waals surface area (Å²) in [6.07, 6.45) is 0. The van der Waals surface area contributed by atoms with Crippen molar-refractivity contribution in [3.63, 3.8) is 0 Å². The summed E-state index contributed by atoms with van der Waals surface area (Å²) < 4.78 is 0. The Morgan fingerprint density at radius 1 is 0.609 bits per heavy atom. The third-order valence-corrected chi connectivity index (χ3v) is 9.27. The molecule has 2 N–H and O–H groups in total. The SMILES string of the molecule is OCC(O)[Si](c1ccccc1)(c1ccccc1)c1ccccc1. The molecule has 0 saturated carbocycles. The molecule has 0 spiro atoms. The minimum absolute atomic E-state index is 0.259. The van der Waals surface area contributed by atoms with E-state index in [1.165, 1.54) is 0 Å². The van der Waals surface area contributed by atoms with Crippen LogP contribution in [0.1, 0.15) is 0 Å². The monoisotopic (exact) mass is 320 g/mol. The van der Waals surface area contributed by atoms with E-state index in [9.17, 15) is 10.2 Å². The average molecular weight is 320 g/mol. The largest absolute Gasteiger partial charge is 0.394 e. The van der Waals surface area contributed by atoms with Gasteiger partial charge in [0.05, 0.1) is 12.3 Å². The maximum Gasteiger partial charge on any atom is 0.181 e. The predicted octanol–water partition coefficient (Wildman–Crippen LogP) is 1.05. The first-order chi connectivity index (χ1) is 11.3. The van der Waals surface area contributed by atoms with Crippen LogP contribution in [0.2, 0.25) is 0 Å². The second-order valence-electron chi connectivity index (χ2n) is 5.60. The number of hydrogen-bond donors (Lipinski definition) is 2. The van der Waals surface area contributed by atoms with Gasteiger partial charge in [0.25, 0.3) is 0 Å². The van der Waals surface area contributed by atoms with E-state index < -0.39 is 13.8 Å². The molecular formula is C20H20O2Si. The highest BCUT2D eigenvalue weighted by Crippen LogP contribution is 2.12. The molecule has 0 aromatic heterocycles. The second kappa shape index (κ2) is 6.92. The van der Waals surface area contributed by atoms with Crippen LogP contribution in [0.15, 0.2) is 91.0 Å². The molecule has 3 rings (SSSR count). The van der Waals surface area contributed by atoms with Crippen LogP contribution in [0.4, 0.5) is 0 Å². The summed E-state index contributed by atoms with van der Waals surface area (Å²) >= 11 is 0. The molecule has 3 aromatic carbocycles. The highest BCUT2D eigenvalue weighted by Gasteiger charge is 2.45. The van der Waals surface area contributed by atoms with Gasteiger partial charge in [-0.25, -0.2) is 0 Å². The second-order valence-corrected chi connectivity index (χ2v) is 9.62. The Balaban J connectivity index is 2.35. The maximum absolute atomic E-state index is 10.9. The van der Waals surface area contributed by atoms with Crippen molar-refractivity contribution in [3.05, 3.63) is 91.0 Å². The van der Waals surface area contributed by atoms with Crippen LogP contribution in [0.5, 0.6) is 0 Å². The molecule has 116 valence electrons. The lowest BCUT2D eigenvalue weighted by Gasteiger charge is -2.37. The van der Waals surface area contributed by atoms with Gasteiger partial charge in [-0.05, 0) is 15.6 Å². The quantitative estimate of drug-likeness (QED) is 0.545. The van der Waals surface area contributed by atoms with Crippen LogP contribution in [0, 0.1) is 0 Å². The fraction of sp³-hybridized carbons (Fsp3) is 0.100. The molecule has 2 nitrogen and oxygen atoms in total. The number of aliphatic hydroxyl groups is 2. The zero-order valence-electron chi connectivity index (χ0n) is 12.8. The van der Waals surface area contributed by atoms with Gasteiger partial charge >= 0.3 is 0 Å². The fourth-order valence-corrected chi connectivity index (χ4v) is 7.90. The zero-order valence-corrected chi connectivity index (χ0v) is 13.8. The molecule has 0 saturated heterocycles. The van der Waals surface area contributed by atoms with Crippen molar-refractivity contribution in [3.8, 4) is 0 Å². The molecule has 23 heavy (non-hydrogen) atoms. The van der Waals surface area contributed by atoms with Crippen molar-refractivity contribution in [1.29, 1.82) is 0 Å². The van der Waals surface area contributed by atoms with E-state index in [4.69, 9.17) is 0 Å². The molecule has 1 atom stereocenters. The van der Waals surface area contributed by atoms with E-state index in [-0.39, 0.29) is 6.61 Å². The molecule has 0 amide bonds. The molecule has 0 aliphatic rings. The van der Waals surface area contributed by atoms with Crippen molar-refractivity contribution in [2.45, 2.75) is 5.73 Å². The van der Waals surface area contributed by atoms with Gasteiger partial charge in [-0.1, -0.05) is 91.0 Å². The van der Waals surface area contributed by atoms with Gasteiger partial charge in [-0.15, -0.1) is 0 Å². The Morgan fingerprint density at radius 2 is 0.913 bits per heavy atom. The molecule has 0 fully saturated rings. The Bertz CT molecular complexity index is 633. The van der Waals surface area contributed by atoms with E-state index in [2.05, 4.69) is 36.4 Å². The van der Waals surface area contributed by atoms with Crippen LogP contribution >= 0.6 is 0 Å². The summed E-state index contributed by atoms with van der Waals surface area (Å²) in [6.45, 7) is -0.259. The maximum atomic E-state index is 10.9. The standard InChI is InChI=1S/C20H20O2Si/c21-16-20(22)23(17-10-4-1-5-11-17,18-12-6-2-7-13-18)19-14-8-3-9-15-19/h1-15,20-22H,16H2. The van der Waals surface area contributed by atoms with Gasteiger partial charge < -0.3 is 10.2 Å². The zero-order chi connectivity index (χ0) is 16.1. The van der Waals surface area contributed by atoms with E-state index >= 15 is 0 Å². The van der Waals surface area contributed by atoms with Gasteiger partial charge in [0, 0.05) is 0 Å². The number of rotatable bonds is 5. The lowest BCUT2D eigenvalue weighted by Crippen LogP contribution is -2.75. The van der Waals surface area contributed by atoms with Gasteiger partial charge in [-0.3, -0.25) is 0 Å². The number of benzene rings is 3. The first-order valence-electron chi connectivity index (χ1n) is 7.75. The summed E-state index contributed by atoms with van der Waals surface area (Å²) in [4.78, 5) is 0. The molecule has 3 aromatic rings. The van der Waals surface area contributed by atoms with Crippen molar-refractivity contribution < 1.29 is 10.2 Å². The van der Waals surface area contributed by atoms with E-state index in [1.54, 1.807) is 0 Å². The van der Waals surface area contributed by atoms with Crippen LogP contribution in [-0.2, 0) is 0 Å². The summed E-state index contributed by atoms with van der Waals surface area (Å²) in [7, 11) is -2.72. The molecule has 0 heterocycles. The van der Waals surface area contributed by atoms with Crippen LogP contribution < -0.4 is 15.6 Å². The molecule has 3 heteroatoms. The third-order valence-electron chi connectivity index (χ3n) is 4.36. The Morgan fingerprint density at radius 3 is 1.17 bits per heavy atom. The summed E-state index contributed by atoms with van der Waals surface area (Å²) in [5, 5.41) is 24.1. The fourth-order valence-electron chi connectivity index (χ4n) is 3.32. The van der Waals surface area contributed by atoms with Crippen molar-refractivity contribution in [1.82, 2.24) is 0 Å². The summed E-state index contributed by atoms with van der Waals surface area (Å²) in [5.41, 5.74) is -0.810. The lowest BCUT2D eigenvalue weighted by molar-refractivity contribution is 0.149. The van der Waals surface area contributed by atoms with Gasteiger partial charge in [0.1, 0.15) is 0 Å². The van der Waals surface area contributed by atoms with E-state index in [0.29, 0.717) is 0 Å². The van der Waals surface area contributed by atoms with Gasteiger partial charge in [-0.2, -0.15) is 0 Å². The molecule has 0 bridgehead atoms. The highest BCUT2D eigenvalue weighted by atomic mass is 28.3. The molecule has 0 radical (unpaired) electrons.